The first-order valence-electron chi connectivity index (χ1n) is 4.50. The monoisotopic (exact) mass is 307 g/mol. The molecular weight excluding hydrogens is 293 g/mol. The van der Waals surface area contributed by atoms with Crippen LogP contribution in [0.2, 0.25) is 0 Å². The molecule has 0 radical (unpaired) electrons. The van der Waals surface area contributed by atoms with Gasteiger partial charge < -0.3 is 10.0 Å². The first kappa shape index (κ1) is 11.6. The minimum atomic E-state index is 0.119. The highest BCUT2D eigenvalue weighted by Gasteiger charge is 2.11. The summed E-state index contributed by atoms with van der Waals surface area (Å²) >= 11 is 2.17. The Balaban J connectivity index is 2.82. The van der Waals surface area contributed by atoms with Gasteiger partial charge in [-0.25, -0.2) is 9.97 Å². The summed E-state index contributed by atoms with van der Waals surface area (Å²) in [6.45, 7) is 4.79. The number of rotatable bonds is 4. The van der Waals surface area contributed by atoms with Crippen LogP contribution in [0.1, 0.15) is 13.8 Å². The molecule has 14 heavy (non-hydrogen) atoms. The third kappa shape index (κ3) is 3.06. The summed E-state index contributed by atoms with van der Waals surface area (Å²) in [4.78, 5) is 10.4. The zero-order chi connectivity index (χ0) is 10.6. The zero-order valence-corrected chi connectivity index (χ0v) is 10.5. The maximum Gasteiger partial charge on any atom is 0.225 e. The van der Waals surface area contributed by atoms with E-state index in [0.29, 0.717) is 18.5 Å². The van der Waals surface area contributed by atoms with Crippen molar-refractivity contribution in [2.75, 3.05) is 18.1 Å². The predicted octanol–water partition coefficient (Wildman–Crippen LogP) is 1.29. The third-order valence-electron chi connectivity index (χ3n) is 1.83. The second-order valence-electron chi connectivity index (χ2n) is 3.21. The Kier molecular flexibility index (Phi) is 4.53. The third-order valence-corrected chi connectivity index (χ3v) is 2.38. The molecule has 0 amide bonds. The molecule has 0 spiro atoms. The lowest BCUT2D eigenvalue weighted by Crippen LogP contribution is -2.34. The van der Waals surface area contributed by atoms with E-state index >= 15 is 0 Å². The summed E-state index contributed by atoms with van der Waals surface area (Å²) < 4.78 is 1.01. The van der Waals surface area contributed by atoms with E-state index in [1.165, 1.54) is 0 Å². The smallest absolute Gasteiger partial charge is 0.225 e. The number of aliphatic hydroxyl groups is 1. The van der Waals surface area contributed by atoms with Crippen LogP contribution in [0.15, 0.2) is 12.4 Å². The Morgan fingerprint density at radius 3 is 2.43 bits per heavy atom. The Morgan fingerprint density at radius 2 is 2.00 bits per heavy atom. The first-order chi connectivity index (χ1) is 6.65. The lowest BCUT2D eigenvalue weighted by Gasteiger charge is -2.25. The molecule has 0 bridgehead atoms. The molecule has 1 rings (SSSR count). The lowest BCUT2D eigenvalue weighted by atomic mass is 10.3. The van der Waals surface area contributed by atoms with Crippen molar-refractivity contribution in [3.8, 4) is 0 Å². The van der Waals surface area contributed by atoms with Crippen molar-refractivity contribution in [3.05, 3.63) is 16.0 Å². The fourth-order valence-corrected chi connectivity index (χ4v) is 1.43. The fraction of sp³-hybridized carbons (Fsp3) is 0.556. The number of anilines is 1. The van der Waals surface area contributed by atoms with Crippen LogP contribution < -0.4 is 4.90 Å². The van der Waals surface area contributed by atoms with Crippen molar-refractivity contribution in [1.29, 1.82) is 0 Å². The van der Waals surface area contributed by atoms with Crippen LogP contribution in [0.3, 0.4) is 0 Å². The topological polar surface area (TPSA) is 49.2 Å². The highest BCUT2D eigenvalue weighted by molar-refractivity contribution is 14.1. The van der Waals surface area contributed by atoms with Gasteiger partial charge in [0, 0.05) is 28.6 Å². The van der Waals surface area contributed by atoms with E-state index in [1.54, 1.807) is 12.4 Å². The van der Waals surface area contributed by atoms with Gasteiger partial charge in [0.05, 0.1) is 6.61 Å². The summed E-state index contributed by atoms with van der Waals surface area (Å²) in [7, 11) is 0. The van der Waals surface area contributed by atoms with E-state index in [9.17, 15) is 0 Å². The van der Waals surface area contributed by atoms with Gasteiger partial charge >= 0.3 is 0 Å². The number of aromatic nitrogens is 2. The molecular formula is C9H14IN3O. The van der Waals surface area contributed by atoms with E-state index < -0.39 is 0 Å². The zero-order valence-electron chi connectivity index (χ0n) is 8.31. The average Bonchev–Trinajstić information content (AvgIpc) is 2.15. The summed E-state index contributed by atoms with van der Waals surface area (Å²) in [6, 6.07) is 0.294. The van der Waals surface area contributed by atoms with Crippen LogP contribution in [0, 0.1) is 3.57 Å². The molecule has 1 aromatic rings. The van der Waals surface area contributed by atoms with Crippen molar-refractivity contribution in [1.82, 2.24) is 9.97 Å². The van der Waals surface area contributed by atoms with E-state index in [1.807, 2.05) is 4.90 Å². The van der Waals surface area contributed by atoms with Gasteiger partial charge in [-0.15, -0.1) is 0 Å². The maximum atomic E-state index is 8.90. The van der Waals surface area contributed by atoms with Crippen molar-refractivity contribution < 1.29 is 5.11 Å². The first-order valence-corrected chi connectivity index (χ1v) is 5.58. The molecule has 0 aliphatic carbocycles. The minimum absolute atomic E-state index is 0.119. The number of hydrogen-bond donors (Lipinski definition) is 1. The Labute approximate surface area is 97.5 Å². The van der Waals surface area contributed by atoms with Crippen molar-refractivity contribution >= 4 is 28.5 Å². The molecule has 0 aliphatic rings. The van der Waals surface area contributed by atoms with Gasteiger partial charge in [0.1, 0.15) is 0 Å². The fourth-order valence-electron chi connectivity index (χ4n) is 1.15. The standard InChI is InChI=1S/C9H14IN3O/c1-7(2)13(3-4-14)9-11-5-8(10)6-12-9/h5-7,14H,3-4H2,1-2H3. The second kappa shape index (κ2) is 5.45. The average molecular weight is 307 g/mol. The van der Waals surface area contributed by atoms with Gasteiger partial charge in [0.15, 0.2) is 0 Å². The van der Waals surface area contributed by atoms with E-state index in [4.69, 9.17) is 5.11 Å². The Hall–Kier alpha value is -0.430. The van der Waals surface area contributed by atoms with Crippen LogP contribution in [0.4, 0.5) is 5.95 Å². The second-order valence-corrected chi connectivity index (χ2v) is 4.46. The maximum absolute atomic E-state index is 8.90. The lowest BCUT2D eigenvalue weighted by molar-refractivity contribution is 0.298. The van der Waals surface area contributed by atoms with Crippen LogP contribution in [-0.2, 0) is 0 Å². The Morgan fingerprint density at radius 1 is 1.43 bits per heavy atom. The predicted molar refractivity (Wildman–Crippen MR) is 64.3 cm³/mol. The SMILES string of the molecule is CC(C)N(CCO)c1ncc(I)cn1. The highest BCUT2D eigenvalue weighted by Crippen LogP contribution is 2.11. The Bertz CT molecular complexity index is 276. The largest absolute Gasteiger partial charge is 0.395 e. The number of nitrogens with zero attached hydrogens (tertiary/aromatic N) is 3. The summed E-state index contributed by atoms with van der Waals surface area (Å²) in [5.74, 6) is 0.675. The minimum Gasteiger partial charge on any atom is -0.395 e. The molecule has 0 atom stereocenters. The summed E-state index contributed by atoms with van der Waals surface area (Å²) in [6.07, 6.45) is 3.55. The highest BCUT2D eigenvalue weighted by atomic mass is 127. The van der Waals surface area contributed by atoms with Crippen LogP contribution in [0.25, 0.3) is 0 Å². The molecule has 78 valence electrons. The molecule has 0 fully saturated rings. The molecule has 1 aromatic heterocycles. The molecule has 0 aliphatic heterocycles. The normalized spacial score (nSPS) is 10.6. The summed E-state index contributed by atoms with van der Waals surface area (Å²) in [5, 5.41) is 8.90. The molecule has 1 heterocycles. The number of aliphatic hydroxyl groups excluding tert-OH is 1. The van der Waals surface area contributed by atoms with Gasteiger partial charge in [-0.1, -0.05) is 0 Å². The number of halogens is 1. The quantitative estimate of drug-likeness (QED) is 0.852. The molecule has 0 aromatic carbocycles. The van der Waals surface area contributed by atoms with Crippen LogP contribution in [-0.4, -0.2) is 34.3 Å². The molecule has 5 heteroatoms. The van der Waals surface area contributed by atoms with E-state index in [0.717, 1.165) is 3.57 Å². The van der Waals surface area contributed by atoms with Crippen LogP contribution in [0.5, 0.6) is 0 Å². The van der Waals surface area contributed by atoms with Gasteiger partial charge in [-0.2, -0.15) is 0 Å². The van der Waals surface area contributed by atoms with Gasteiger partial charge in [-0.3, -0.25) is 0 Å². The molecule has 0 unspecified atom stereocenters. The van der Waals surface area contributed by atoms with E-state index in [2.05, 4.69) is 46.4 Å². The van der Waals surface area contributed by atoms with Gasteiger partial charge in [-0.05, 0) is 36.4 Å². The van der Waals surface area contributed by atoms with Gasteiger partial charge in [0.25, 0.3) is 0 Å². The van der Waals surface area contributed by atoms with Crippen molar-refractivity contribution in [2.45, 2.75) is 19.9 Å². The molecule has 0 saturated carbocycles. The van der Waals surface area contributed by atoms with Crippen LogP contribution >= 0.6 is 22.6 Å². The molecule has 0 saturated heterocycles. The van der Waals surface area contributed by atoms with Crippen molar-refractivity contribution in [2.24, 2.45) is 0 Å². The molecule has 1 N–H and O–H groups in total. The number of hydrogen-bond acceptors (Lipinski definition) is 4. The summed E-state index contributed by atoms with van der Waals surface area (Å²) in [5.41, 5.74) is 0. The van der Waals surface area contributed by atoms with Gasteiger partial charge in [0.2, 0.25) is 5.95 Å². The van der Waals surface area contributed by atoms with Crippen molar-refractivity contribution in [3.63, 3.8) is 0 Å². The molecule has 4 nitrogen and oxygen atoms in total. The van der Waals surface area contributed by atoms with E-state index in [-0.39, 0.29) is 6.61 Å².